The molecule has 334 valence electrons. The summed E-state index contributed by atoms with van der Waals surface area (Å²) in [6, 6.07) is 0. The number of carboxylic acid groups (broad SMARTS) is 5. The van der Waals surface area contributed by atoms with E-state index in [0.717, 1.165) is 32.1 Å². The summed E-state index contributed by atoms with van der Waals surface area (Å²) in [6.07, 6.45) is 19.3. The summed E-state index contributed by atoms with van der Waals surface area (Å²) >= 11 is 0. The Morgan fingerprint density at radius 3 is 0.931 bits per heavy atom. The molecule has 19 nitrogen and oxygen atoms in total. The number of carbonyl (C=O) groups is 5. The second-order valence-corrected chi connectivity index (χ2v) is 15.7. The Kier molecular flexibility index (Phi) is 54.6. The monoisotopic (exact) mass is 914 g/mol. The summed E-state index contributed by atoms with van der Waals surface area (Å²) in [5, 5.41) is 60.3. The molecule has 0 fully saturated rings. The van der Waals surface area contributed by atoms with E-state index in [1.807, 2.05) is 0 Å². The van der Waals surface area contributed by atoms with E-state index in [2.05, 4.69) is 13.8 Å². The minimum absolute atomic E-state index is 0. The molecule has 0 radical (unpaired) electrons. The molecule has 0 aromatic heterocycles. The van der Waals surface area contributed by atoms with E-state index >= 15 is 0 Å². The van der Waals surface area contributed by atoms with Gasteiger partial charge in [0.25, 0.3) is 10.1 Å². The van der Waals surface area contributed by atoms with Crippen LogP contribution < -0.4 is 88.7 Å². The van der Waals surface area contributed by atoms with Gasteiger partial charge in [0.2, 0.25) is 4.75 Å². The number of hydrogen-bond donors (Lipinski definition) is 10. The third kappa shape index (κ3) is 48.7. The molecule has 10 N–H and O–H groups in total. The molecule has 0 aromatic rings. The standard InChI is InChI=1S/C16H30O7S.C12H26O.C6H8O7.3Na.H2O4S.3H/c1-2-3-4-5-6-7-8-9-10-11-12-16(15(19)20,13-14(17)18)24(21,22)23;1-2-3-4-5-6-7-8-9-10-11-12-13;7-3(8)1-6(13,5(11)12)2-4(9)10;;;;1-5(2,3)4;;;/h2-13H2,1H3,(H,17,18)(H,19,20)(H,21,22,23);13H,2-12H2,1H3;13H,1-2H2,(H,7,8)(H,9,10)(H,11,12);;;;(H2,1,2,3,4);;;/q;;;3*+1;;3*-1. The van der Waals surface area contributed by atoms with Crippen LogP contribution in [0, 0.1) is 0 Å². The van der Waals surface area contributed by atoms with Gasteiger partial charge in [0, 0.05) is 6.61 Å². The third-order valence-electron chi connectivity index (χ3n) is 8.05. The number of aliphatic hydroxyl groups is 2. The molecule has 1 unspecified atom stereocenters. The molecule has 0 rings (SSSR count). The van der Waals surface area contributed by atoms with E-state index < -0.39 is 86.4 Å². The number of hydrogen-bond acceptors (Lipinski definition) is 11. The normalized spacial score (nSPS) is 11.7. The van der Waals surface area contributed by atoms with Crippen LogP contribution in [0.2, 0.25) is 0 Å². The van der Waals surface area contributed by atoms with Crippen molar-refractivity contribution < 1.29 is 183 Å². The topological polar surface area (TPSA) is 356 Å². The van der Waals surface area contributed by atoms with Crippen molar-refractivity contribution in [2.24, 2.45) is 0 Å². The Labute approximate surface area is 414 Å². The fraction of sp³-hybridized carbons (Fsp3) is 0.853. The fourth-order valence-electron chi connectivity index (χ4n) is 5.06. The zero-order valence-corrected chi connectivity index (χ0v) is 42.8. The van der Waals surface area contributed by atoms with Gasteiger partial charge >= 0.3 is 129 Å². The van der Waals surface area contributed by atoms with Crippen molar-refractivity contribution in [2.45, 2.75) is 178 Å². The molecule has 0 amide bonds. The molecule has 0 aromatic carbocycles. The van der Waals surface area contributed by atoms with Crippen molar-refractivity contribution >= 4 is 50.4 Å². The van der Waals surface area contributed by atoms with E-state index in [1.165, 1.54) is 83.5 Å². The van der Waals surface area contributed by atoms with Gasteiger partial charge in [0.15, 0.2) is 5.60 Å². The second-order valence-electron chi connectivity index (χ2n) is 13.1. The van der Waals surface area contributed by atoms with Crippen LogP contribution in [-0.2, 0) is 44.5 Å². The Hall–Kier alpha value is 0.0500. The average molecular weight is 915 g/mol. The molecule has 58 heavy (non-hydrogen) atoms. The van der Waals surface area contributed by atoms with E-state index in [1.54, 1.807) is 0 Å². The molecule has 0 saturated heterocycles. The molecule has 24 heteroatoms. The van der Waals surface area contributed by atoms with Crippen LogP contribution in [0.1, 0.15) is 172 Å². The molecule has 0 aliphatic heterocycles. The summed E-state index contributed by atoms with van der Waals surface area (Å²) in [5.41, 5.74) is -2.74. The SMILES string of the molecule is CCCCCCCCCCCCC(CC(=O)O)(C(=O)O)S(=O)(=O)O.CCCCCCCCCCCCO.O=C(O)CC(O)(CC(=O)O)C(=O)O.O=S(=O)(O)O.[H-].[H-].[H-].[Na+].[Na+].[Na+]. The number of rotatable bonds is 30. The Bertz CT molecular complexity index is 1270. The van der Waals surface area contributed by atoms with Gasteiger partial charge < -0.3 is 40.0 Å². The Balaban J connectivity index is -0.0000000761. The van der Waals surface area contributed by atoms with Crippen molar-refractivity contribution in [3.63, 3.8) is 0 Å². The Morgan fingerprint density at radius 2 is 0.724 bits per heavy atom. The van der Waals surface area contributed by atoms with Gasteiger partial charge in [-0.05, 0) is 12.8 Å². The maximum Gasteiger partial charge on any atom is 1.00 e. The van der Waals surface area contributed by atoms with Gasteiger partial charge in [-0.2, -0.15) is 16.8 Å². The zero-order valence-electron chi connectivity index (χ0n) is 38.1. The average Bonchev–Trinajstić information content (AvgIpc) is 3.02. The first-order valence-electron chi connectivity index (χ1n) is 18.5. The molecule has 0 spiro atoms. The zero-order chi connectivity index (χ0) is 43.6. The predicted molar refractivity (Wildman–Crippen MR) is 204 cm³/mol. The number of aliphatic carboxylic acids is 5. The summed E-state index contributed by atoms with van der Waals surface area (Å²) in [6.45, 7) is 4.79. The number of carboxylic acids is 5. The quantitative estimate of drug-likeness (QED) is 0.0193. The first-order chi connectivity index (χ1) is 25.4. The first kappa shape index (κ1) is 72.5. The molecule has 0 saturated carbocycles. The van der Waals surface area contributed by atoms with E-state index in [-0.39, 0.29) is 99.4 Å². The largest absolute Gasteiger partial charge is 1.00 e. The van der Waals surface area contributed by atoms with Crippen molar-refractivity contribution in [1.29, 1.82) is 0 Å². The summed E-state index contributed by atoms with van der Waals surface area (Å²) in [4.78, 5) is 52.6. The molecular weight excluding hydrogens is 845 g/mol. The third-order valence-corrected chi connectivity index (χ3v) is 9.56. The molecule has 0 bridgehead atoms. The van der Waals surface area contributed by atoms with E-state index in [9.17, 15) is 36.9 Å². The molecule has 1 atom stereocenters. The maximum absolute atomic E-state index is 11.4. The van der Waals surface area contributed by atoms with Gasteiger partial charge in [-0.1, -0.05) is 136 Å². The van der Waals surface area contributed by atoms with Crippen LogP contribution in [0.5, 0.6) is 0 Å². The minimum Gasteiger partial charge on any atom is -1.00 e. The van der Waals surface area contributed by atoms with Gasteiger partial charge in [-0.3, -0.25) is 32.8 Å². The van der Waals surface area contributed by atoms with Crippen LogP contribution in [0.15, 0.2) is 0 Å². The van der Waals surface area contributed by atoms with Crippen molar-refractivity contribution in [3.8, 4) is 0 Å². The van der Waals surface area contributed by atoms with Crippen LogP contribution in [-0.4, -0.2) is 113 Å². The Morgan fingerprint density at radius 1 is 0.466 bits per heavy atom. The minimum atomic E-state index is -5.01. The summed E-state index contributed by atoms with van der Waals surface area (Å²) in [5.74, 6) is -8.40. The fourth-order valence-corrected chi connectivity index (χ4v) is 5.99. The number of aliphatic hydroxyl groups excluding tert-OH is 1. The van der Waals surface area contributed by atoms with E-state index in [4.69, 9.17) is 53.3 Å². The van der Waals surface area contributed by atoms with Gasteiger partial charge in [-0.25, -0.2) is 4.79 Å². The van der Waals surface area contributed by atoms with Gasteiger partial charge in [0.1, 0.15) is 0 Å². The van der Waals surface area contributed by atoms with Gasteiger partial charge in [-0.15, -0.1) is 0 Å². The summed E-state index contributed by atoms with van der Waals surface area (Å²) < 4.78 is 61.0. The smallest absolute Gasteiger partial charge is 1.00 e. The van der Waals surface area contributed by atoms with Crippen LogP contribution in [0.25, 0.3) is 0 Å². The maximum atomic E-state index is 11.4. The van der Waals surface area contributed by atoms with Crippen molar-refractivity contribution in [2.75, 3.05) is 6.61 Å². The molecule has 0 heterocycles. The van der Waals surface area contributed by atoms with Crippen molar-refractivity contribution in [1.82, 2.24) is 0 Å². The molecule has 0 aliphatic carbocycles. The summed E-state index contributed by atoms with van der Waals surface area (Å²) in [7, 11) is -9.68. The number of unbranched alkanes of at least 4 members (excludes halogenated alkanes) is 18. The predicted octanol–water partition coefficient (Wildman–Crippen LogP) is -3.17. The van der Waals surface area contributed by atoms with Crippen LogP contribution in [0.3, 0.4) is 0 Å². The molecular formula is C34H69Na3O19S2. The van der Waals surface area contributed by atoms with Crippen molar-refractivity contribution in [3.05, 3.63) is 0 Å². The second kappa shape index (κ2) is 43.7. The van der Waals surface area contributed by atoms with Gasteiger partial charge in [0.05, 0.1) is 19.3 Å². The first-order valence-corrected chi connectivity index (χ1v) is 21.3. The van der Waals surface area contributed by atoms with E-state index in [0.29, 0.717) is 13.0 Å². The molecule has 0 aliphatic rings. The van der Waals surface area contributed by atoms with Crippen LogP contribution >= 0.6 is 0 Å². The van der Waals surface area contributed by atoms with Crippen LogP contribution in [0.4, 0.5) is 0 Å².